The Morgan fingerprint density at radius 2 is 1.56 bits per heavy atom. The molecule has 140 valence electrons. The number of likely N-dealkylation sites (N-methyl/N-ethyl adjacent to an activating group) is 1. The van der Waals surface area contributed by atoms with Gasteiger partial charge in [0.15, 0.2) is 0 Å². The van der Waals surface area contributed by atoms with E-state index in [1.54, 1.807) is 0 Å². The van der Waals surface area contributed by atoms with Crippen molar-refractivity contribution in [2.24, 2.45) is 0 Å². The van der Waals surface area contributed by atoms with Gasteiger partial charge in [-0.1, -0.05) is 54.1 Å². The second-order valence-electron chi connectivity index (χ2n) is 7.37. The van der Waals surface area contributed by atoms with Crippen molar-refractivity contribution in [3.05, 3.63) is 76.9 Å². The summed E-state index contributed by atoms with van der Waals surface area (Å²) in [5.74, 6) is 0. The first-order valence-corrected chi connectivity index (χ1v) is 9.94. The molecule has 2 aromatic carbocycles. The van der Waals surface area contributed by atoms with E-state index in [4.69, 9.17) is 11.6 Å². The molecule has 3 aromatic rings. The summed E-state index contributed by atoms with van der Waals surface area (Å²) in [6, 6.07) is 21.0. The molecule has 2 heterocycles. The Hall–Kier alpha value is -2.07. The molecule has 0 aliphatic carbocycles. The number of hydrogen-bond acceptors (Lipinski definition) is 2. The lowest BCUT2D eigenvalue weighted by Crippen LogP contribution is -2.43. The molecule has 0 radical (unpaired) electrons. The van der Waals surface area contributed by atoms with Crippen LogP contribution in [0.5, 0.6) is 0 Å². The van der Waals surface area contributed by atoms with Crippen molar-refractivity contribution in [2.75, 3.05) is 33.2 Å². The Bertz CT molecular complexity index is 909. The largest absolute Gasteiger partial charge is 0.312 e. The van der Waals surface area contributed by atoms with Crippen molar-refractivity contribution >= 4 is 11.6 Å². The van der Waals surface area contributed by atoms with Gasteiger partial charge >= 0.3 is 0 Å². The van der Waals surface area contributed by atoms with Gasteiger partial charge in [-0.25, -0.2) is 0 Å². The number of para-hydroxylation sites is 1. The lowest BCUT2D eigenvalue weighted by molar-refractivity contribution is 0.148. The number of hydrogen-bond donors (Lipinski definition) is 0. The van der Waals surface area contributed by atoms with Crippen molar-refractivity contribution in [3.63, 3.8) is 0 Å². The predicted molar refractivity (Wildman–Crippen MR) is 114 cm³/mol. The van der Waals surface area contributed by atoms with E-state index < -0.39 is 0 Å². The summed E-state index contributed by atoms with van der Waals surface area (Å²) in [5, 5.41) is 0.777. The fourth-order valence-electron chi connectivity index (χ4n) is 3.83. The van der Waals surface area contributed by atoms with E-state index in [-0.39, 0.29) is 0 Å². The smallest absolute Gasteiger partial charge is 0.0646 e. The van der Waals surface area contributed by atoms with Crippen molar-refractivity contribution in [1.29, 1.82) is 0 Å². The normalized spacial score (nSPS) is 16.0. The van der Waals surface area contributed by atoms with Gasteiger partial charge in [0.25, 0.3) is 0 Å². The summed E-state index contributed by atoms with van der Waals surface area (Å²) >= 11 is 6.57. The van der Waals surface area contributed by atoms with Crippen LogP contribution in [0, 0.1) is 6.92 Å². The lowest BCUT2D eigenvalue weighted by Gasteiger charge is -2.32. The summed E-state index contributed by atoms with van der Waals surface area (Å²) in [5.41, 5.74) is 6.09. The second kappa shape index (κ2) is 7.89. The fourth-order valence-corrected chi connectivity index (χ4v) is 4.05. The quantitative estimate of drug-likeness (QED) is 0.641. The average Bonchev–Trinajstić information content (AvgIpc) is 3.01. The molecule has 0 saturated carbocycles. The van der Waals surface area contributed by atoms with E-state index in [1.807, 2.05) is 12.1 Å². The molecule has 4 rings (SSSR count). The van der Waals surface area contributed by atoms with Crippen LogP contribution in [-0.2, 0) is 6.54 Å². The standard InChI is InChI=1S/C23H26ClN3/c1-18-20(17-26-14-12-25(2)13-15-26)16-23(19-8-4-3-5-9-19)27(18)22-11-7-6-10-21(22)24/h3-11,16H,12-15,17H2,1-2H3. The van der Waals surface area contributed by atoms with Crippen LogP contribution >= 0.6 is 11.6 Å². The Morgan fingerprint density at radius 1 is 0.889 bits per heavy atom. The highest BCUT2D eigenvalue weighted by molar-refractivity contribution is 6.32. The van der Waals surface area contributed by atoms with Crippen molar-refractivity contribution in [3.8, 4) is 16.9 Å². The number of aromatic nitrogens is 1. The minimum absolute atomic E-state index is 0.777. The molecule has 0 amide bonds. The summed E-state index contributed by atoms with van der Waals surface area (Å²) in [6.07, 6.45) is 0. The molecule has 3 nitrogen and oxygen atoms in total. The van der Waals surface area contributed by atoms with Crippen LogP contribution < -0.4 is 0 Å². The Morgan fingerprint density at radius 3 is 2.26 bits per heavy atom. The number of benzene rings is 2. The summed E-state index contributed by atoms with van der Waals surface area (Å²) < 4.78 is 2.31. The zero-order chi connectivity index (χ0) is 18.8. The molecule has 0 N–H and O–H groups in total. The molecular weight excluding hydrogens is 354 g/mol. The highest BCUT2D eigenvalue weighted by atomic mass is 35.5. The minimum Gasteiger partial charge on any atom is -0.312 e. The van der Waals surface area contributed by atoms with Crippen LogP contribution in [0.25, 0.3) is 16.9 Å². The fraction of sp³-hybridized carbons (Fsp3) is 0.304. The Kier molecular flexibility index (Phi) is 5.35. The van der Waals surface area contributed by atoms with E-state index >= 15 is 0 Å². The van der Waals surface area contributed by atoms with Gasteiger partial charge in [-0.05, 0) is 43.3 Å². The highest BCUT2D eigenvalue weighted by Gasteiger charge is 2.20. The SMILES string of the molecule is Cc1c(CN2CCN(C)CC2)cc(-c2ccccc2)n1-c1ccccc1Cl. The van der Waals surface area contributed by atoms with E-state index in [1.165, 1.54) is 22.5 Å². The van der Waals surface area contributed by atoms with E-state index in [0.29, 0.717) is 0 Å². The number of rotatable bonds is 4. The predicted octanol–water partition coefficient (Wildman–Crippen LogP) is 4.85. The van der Waals surface area contributed by atoms with Gasteiger partial charge in [0, 0.05) is 38.4 Å². The lowest BCUT2D eigenvalue weighted by atomic mass is 10.1. The third-order valence-corrected chi connectivity index (χ3v) is 5.82. The van der Waals surface area contributed by atoms with Gasteiger partial charge in [-0.2, -0.15) is 0 Å². The number of nitrogens with zero attached hydrogens (tertiary/aromatic N) is 3. The van der Waals surface area contributed by atoms with Gasteiger partial charge in [0.2, 0.25) is 0 Å². The molecule has 1 aliphatic rings. The van der Waals surface area contributed by atoms with E-state index in [0.717, 1.165) is 43.4 Å². The van der Waals surface area contributed by atoms with Gasteiger partial charge in [-0.15, -0.1) is 0 Å². The first-order chi connectivity index (χ1) is 13.1. The van der Waals surface area contributed by atoms with Gasteiger partial charge < -0.3 is 9.47 Å². The van der Waals surface area contributed by atoms with E-state index in [2.05, 4.69) is 76.9 Å². The van der Waals surface area contributed by atoms with Crippen LogP contribution in [0.3, 0.4) is 0 Å². The Balaban J connectivity index is 1.77. The second-order valence-corrected chi connectivity index (χ2v) is 7.78. The third kappa shape index (κ3) is 3.81. The average molecular weight is 380 g/mol. The molecule has 0 spiro atoms. The molecule has 0 atom stereocenters. The maximum Gasteiger partial charge on any atom is 0.0646 e. The van der Waals surface area contributed by atoms with Crippen LogP contribution in [-0.4, -0.2) is 47.6 Å². The Labute approximate surface area is 166 Å². The van der Waals surface area contributed by atoms with Crippen molar-refractivity contribution in [1.82, 2.24) is 14.4 Å². The molecular formula is C23H26ClN3. The molecule has 1 aliphatic heterocycles. The summed E-state index contributed by atoms with van der Waals surface area (Å²) in [7, 11) is 2.20. The number of halogens is 1. The molecule has 0 bridgehead atoms. The first-order valence-electron chi connectivity index (χ1n) is 9.56. The monoisotopic (exact) mass is 379 g/mol. The highest BCUT2D eigenvalue weighted by Crippen LogP contribution is 2.33. The van der Waals surface area contributed by atoms with Gasteiger partial charge in [-0.3, -0.25) is 4.90 Å². The van der Waals surface area contributed by atoms with Crippen molar-refractivity contribution < 1.29 is 0 Å². The molecule has 0 unspecified atom stereocenters. The zero-order valence-electron chi connectivity index (χ0n) is 16.0. The zero-order valence-corrected chi connectivity index (χ0v) is 16.8. The molecule has 1 aromatic heterocycles. The molecule has 4 heteroatoms. The molecule has 27 heavy (non-hydrogen) atoms. The van der Waals surface area contributed by atoms with Crippen LogP contribution in [0.2, 0.25) is 5.02 Å². The van der Waals surface area contributed by atoms with Gasteiger partial charge in [0.05, 0.1) is 16.4 Å². The van der Waals surface area contributed by atoms with Crippen molar-refractivity contribution in [2.45, 2.75) is 13.5 Å². The molecule has 1 saturated heterocycles. The summed E-state index contributed by atoms with van der Waals surface area (Å²) in [4.78, 5) is 4.95. The van der Waals surface area contributed by atoms with Crippen LogP contribution in [0.1, 0.15) is 11.3 Å². The minimum atomic E-state index is 0.777. The third-order valence-electron chi connectivity index (χ3n) is 5.50. The molecule has 1 fully saturated rings. The first kappa shape index (κ1) is 18.3. The van der Waals surface area contributed by atoms with Crippen LogP contribution in [0.4, 0.5) is 0 Å². The van der Waals surface area contributed by atoms with Crippen LogP contribution in [0.15, 0.2) is 60.7 Å². The maximum atomic E-state index is 6.57. The summed E-state index contributed by atoms with van der Waals surface area (Å²) in [6.45, 7) is 7.70. The van der Waals surface area contributed by atoms with Gasteiger partial charge in [0.1, 0.15) is 0 Å². The topological polar surface area (TPSA) is 11.4 Å². The maximum absolute atomic E-state index is 6.57. The van der Waals surface area contributed by atoms with E-state index in [9.17, 15) is 0 Å². The number of piperazine rings is 1.